The van der Waals surface area contributed by atoms with E-state index in [1.54, 1.807) is 18.2 Å². The zero-order valence-electron chi connectivity index (χ0n) is 17.0. The van der Waals surface area contributed by atoms with Crippen LogP contribution in [0.1, 0.15) is 36.7 Å². The molecule has 0 amide bonds. The Labute approximate surface area is 179 Å². The van der Waals surface area contributed by atoms with E-state index in [1.807, 2.05) is 18.2 Å². The number of ether oxygens (including phenoxy) is 4. The largest absolute Gasteiger partial charge is 0.481 e. The van der Waals surface area contributed by atoms with Crippen molar-refractivity contribution in [2.75, 3.05) is 26.9 Å². The maximum Gasteiger partial charge on any atom is 0.349 e. The molecule has 29 heavy (non-hydrogen) atoms. The molecule has 0 N–H and O–H groups in total. The van der Waals surface area contributed by atoms with Gasteiger partial charge in [0.1, 0.15) is 18.1 Å². The molecule has 0 aliphatic rings. The van der Waals surface area contributed by atoms with Crippen molar-refractivity contribution in [3.05, 3.63) is 58.1 Å². The summed E-state index contributed by atoms with van der Waals surface area (Å²) < 4.78 is 21.5. The van der Waals surface area contributed by atoms with Crippen molar-refractivity contribution >= 4 is 27.9 Å². The second kappa shape index (κ2) is 10.4. The Morgan fingerprint density at radius 2 is 1.79 bits per heavy atom. The third-order valence-electron chi connectivity index (χ3n) is 3.97. The molecular weight excluding hydrogens is 440 g/mol. The number of halogens is 1. The topological polar surface area (TPSA) is 71.1 Å². The summed E-state index contributed by atoms with van der Waals surface area (Å²) in [5.74, 6) is -0.312. The molecule has 2 aromatic rings. The van der Waals surface area contributed by atoms with Gasteiger partial charge in [-0.15, -0.1) is 0 Å². The second-order valence-corrected chi connectivity index (χ2v) is 8.17. The van der Waals surface area contributed by atoms with Crippen molar-refractivity contribution in [3.8, 4) is 11.5 Å². The predicted octanol–water partition coefficient (Wildman–Crippen LogP) is 4.53. The van der Waals surface area contributed by atoms with Crippen LogP contribution in [0.2, 0.25) is 0 Å². The Bertz CT molecular complexity index is 857. The first-order valence-electron chi connectivity index (χ1n) is 9.10. The van der Waals surface area contributed by atoms with Crippen LogP contribution in [-0.2, 0) is 19.7 Å². The maximum atomic E-state index is 12.1. The van der Waals surface area contributed by atoms with Gasteiger partial charge in [-0.2, -0.15) is 0 Å². The van der Waals surface area contributed by atoms with Crippen LogP contribution in [0.4, 0.5) is 0 Å². The van der Waals surface area contributed by atoms with Crippen LogP contribution in [0.5, 0.6) is 11.5 Å². The van der Waals surface area contributed by atoms with Gasteiger partial charge < -0.3 is 18.9 Å². The van der Waals surface area contributed by atoms with Crippen molar-refractivity contribution < 1.29 is 28.5 Å². The molecule has 0 saturated heterocycles. The van der Waals surface area contributed by atoms with Crippen LogP contribution in [0.15, 0.2) is 46.9 Å². The van der Waals surface area contributed by atoms with Crippen LogP contribution in [-0.4, -0.2) is 38.9 Å². The number of methoxy groups -OCH3 is 1. The molecule has 0 heterocycles. The van der Waals surface area contributed by atoms with Gasteiger partial charge in [0.15, 0.2) is 6.61 Å². The summed E-state index contributed by atoms with van der Waals surface area (Å²) in [6, 6.07) is 12.0. The Hall–Kier alpha value is -2.38. The molecule has 0 aromatic heterocycles. The molecule has 0 radical (unpaired) electrons. The van der Waals surface area contributed by atoms with Gasteiger partial charge in [-0.05, 0) is 57.2 Å². The van der Waals surface area contributed by atoms with Crippen LogP contribution in [0.3, 0.4) is 0 Å². The lowest BCUT2D eigenvalue weighted by Crippen LogP contribution is -2.18. The van der Waals surface area contributed by atoms with Gasteiger partial charge >= 0.3 is 11.9 Å². The minimum Gasteiger partial charge on any atom is -0.481 e. The van der Waals surface area contributed by atoms with Crippen molar-refractivity contribution in [1.29, 1.82) is 0 Å². The summed E-state index contributed by atoms with van der Waals surface area (Å²) in [5, 5.41) is 0. The van der Waals surface area contributed by atoms with Gasteiger partial charge in [0.25, 0.3) is 0 Å². The van der Waals surface area contributed by atoms with Crippen molar-refractivity contribution in [1.82, 2.24) is 0 Å². The fraction of sp³-hybridized carbons (Fsp3) is 0.364. The molecule has 2 rings (SSSR count). The van der Waals surface area contributed by atoms with Gasteiger partial charge in [0.05, 0.1) is 16.6 Å². The molecule has 7 heteroatoms. The van der Waals surface area contributed by atoms with E-state index < -0.39 is 11.9 Å². The van der Waals surface area contributed by atoms with Crippen molar-refractivity contribution in [2.45, 2.75) is 26.2 Å². The molecule has 2 aromatic carbocycles. The number of carbonyl (C=O) groups is 2. The zero-order chi connectivity index (χ0) is 21.4. The summed E-state index contributed by atoms with van der Waals surface area (Å²) in [6.45, 7) is 6.55. The van der Waals surface area contributed by atoms with Crippen LogP contribution >= 0.6 is 15.9 Å². The minimum atomic E-state index is -0.582. The number of benzene rings is 2. The molecule has 0 aliphatic heterocycles. The second-order valence-electron chi connectivity index (χ2n) is 7.31. The maximum absolute atomic E-state index is 12.1. The van der Waals surface area contributed by atoms with Gasteiger partial charge in [-0.3, -0.25) is 0 Å². The van der Waals surface area contributed by atoms with E-state index in [0.717, 1.165) is 10.0 Å². The molecule has 0 spiro atoms. The first kappa shape index (κ1) is 22.9. The predicted molar refractivity (Wildman–Crippen MR) is 113 cm³/mol. The highest BCUT2D eigenvalue weighted by Crippen LogP contribution is 2.31. The average Bonchev–Trinajstić information content (AvgIpc) is 2.66. The summed E-state index contributed by atoms with van der Waals surface area (Å²) in [7, 11) is 1.52. The monoisotopic (exact) mass is 464 g/mol. The molecule has 156 valence electrons. The first-order valence-corrected chi connectivity index (χ1v) is 9.89. The smallest absolute Gasteiger partial charge is 0.349 e. The molecule has 0 atom stereocenters. The number of esters is 2. The summed E-state index contributed by atoms with van der Waals surface area (Å²) in [5.41, 5.74) is 1.44. The molecule has 0 unspecified atom stereocenters. The Morgan fingerprint density at radius 3 is 2.45 bits per heavy atom. The summed E-state index contributed by atoms with van der Waals surface area (Å²) >= 11 is 3.47. The highest BCUT2D eigenvalue weighted by atomic mass is 79.9. The zero-order valence-corrected chi connectivity index (χ0v) is 18.6. The Kier molecular flexibility index (Phi) is 8.22. The molecule has 0 saturated carbocycles. The third-order valence-corrected chi connectivity index (χ3v) is 4.59. The van der Waals surface area contributed by atoms with E-state index in [9.17, 15) is 9.59 Å². The Morgan fingerprint density at radius 1 is 1.03 bits per heavy atom. The normalized spacial score (nSPS) is 11.1. The lowest BCUT2D eigenvalue weighted by atomic mass is 9.87. The lowest BCUT2D eigenvalue weighted by molar-refractivity contribution is -0.136. The van der Waals surface area contributed by atoms with Gasteiger partial charge in [-0.25, -0.2) is 9.59 Å². The van der Waals surface area contributed by atoms with E-state index in [2.05, 4.69) is 36.7 Å². The molecule has 6 nitrogen and oxygen atoms in total. The number of rotatable bonds is 8. The SMILES string of the molecule is COCCOC(=O)c1cccc(OC(=O)COc2ccc(C(C)(C)C)cc2Br)c1. The quantitative estimate of drug-likeness (QED) is 0.324. The number of hydrogen-bond acceptors (Lipinski definition) is 6. The van der Waals surface area contributed by atoms with Crippen LogP contribution < -0.4 is 9.47 Å². The summed E-state index contributed by atoms with van der Waals surface area (Å²) in [6.07, 6.45) is 0. The fourth-order valence-electron chi connectivity index (χ4n) is 2.37. The molecular formula is C22H25BrO6. The lowest BCUT2D eigenvalue weighted by Gasteiger charge is -2.20. The standard InChI is InChI=1S/C22H25BrO6/c1-22(2,3)16-8-9-19(18(23)13-16)28-14-20(24)29-17-7-5-6-15(12-17)21(25)27-11-10-26-4/h5-9,12-13H,10-11,14H2,1-4H3. The Balaban J connectivity index is 1.93. The van der Waals surface area contributed by atoms with E-state index in [1.165, 1.54) is 13.2 Å². The van der Waals surface area contributed by atoms with E-state index in [4.69, 9.17) is 18.9 Å². The fourth-order valence-corrected chi connectivity index (χ4v) is 2.86. The van der Waals surface area contributed by atoms with Crippen LogP contribution in [0.25, 0.3) is 0 Å². The molecule has 0 bridgehead atoms. The molecule has 0 aliphatic carbocycles. The van der Waals surface area contributed by atoms with Gasteiger partial charge in [0.2, 0.25) is 0 Å². The van der Waals surface area contributed by atoms with E-state index in [0.29, 0.717) is 12.4 Å². The van der Waals surface area contributed by atoms with Gasteiger partial charge in [0, 0.05) is 7.11 Å². The minimum absolute atomic E-state index is 0.00963. The first-order chi connectivity index (χ1) is 13.7. The highest BCUT2D eigenvalue weighted by Gasteiger charge is 2.16. The van der Waals surface area contributed by atoms with Crippen molar-refractivity contribution in [3.63, 3.8) is 0 Å². The van der Waals surface area contributed by atoms with Crippen LogP contribution in [0, 0.1) is 0 Å². The average molecular weight is 465 g/mol. The number of hydrogen-bond donors (Lipinski definition) is 0. The number of carbonyl (C=O) groups excluding carboxylic acids is 2. The van der Waals surface area contributed by atoms with Gasteiger partial charge in [-0.1, -0.05) is 32.9 Å². The van der Waals surface area contributed by atoms with Crippen molar-refractivity contribution in [2.24, 2.45) is 0 Å². The van der Waals surface area contributed by atoms with E-state index >= 15 is 0 Å². The molecule has 0 fully saturated rings. The third kappa shape index (κ3) is 7.18. The summed E-state index contributed by atoms with van der Waals surface area (Å²) in [4.78, 5) is 24.1. The highest BCUT2D eigenvalue weighted by molar-refractivity contribution is 9.10. The van der Waals surface area contributed by atoms with E-state index in [-0.39, 0.29) is 29.9 Å².